The maximum atomic E-state index is 2.68. The Morgan fingerprint density at radius 3 is 1.54 bits per heavy atom. The van der Waals surface area contributed by atoms with E-state index in [4.69, 9.17) is 0 Å². The monoisotopic (exact) mass is 692 g/mol. The van der Waals surface area contributed by atoms with Crippen molar-refractivity contribution in [2.24, 2.45) is 0 Å². The molecule has 8 aromatic carbocycles. The second-order valence-electron chi connectivity index (χ2n) is 17.8. The van der Waals surface area contributed by atoms with Crippen molar-refractivity contribution in [3.05, 3.63) is 137 Å². The van der Waals surface area contributed by atoms with Crippen molar-refractivity contribution in [3.8, 4) is 11.4 Å². The van der Waals surface area contributed by atoms with Gasteiger partial charge in [0.1, 0.15) is 0 Å². The van der Waals surface area contributed by atoms with Crippen LogP contribution in [0.15, 0.2) is 103 Å². The summed E-state index contributed by atoms with van der Waals surface area (Å²) in [6.07, 6.45) is 0. The van der Waals surface area contributed by atoms with Gasteiger partial charge in [-0.2, -0.15) is 0 Å². The molecule has 10 aromatic rings. The van der Waals surface area contributed by atoms with E-state index in [0.29, 0.717) is 0 Å². The fraction of sp³-hybridized carbons (Fsp3) is 0.176. The molecule has 2 aromatic heterocycles. The van der Waals surface area contributed by atoms with Crippen LogP contribution in [0.1, 0.15) is 54.2 Å². The number of aromatic nitrogens is 2. The average molecular weight is 693 g/mol. The Kier molecular flexibility index (Phi) is 5.58. The first kappa shape index (κ1) is 30.6. The van der Waals surface area contributed by atoms with Gasteiger partial charge in [0, 0.05) is 43.7 Å². The van der Waals surface area contributed by atoms with Crippen molar-refractivity contribution in [1.29, 1.82) is 0 Å². The van der Waals surface area contributed by atoms with Gasteiger partial charge in [0.05, 0.1) is 16.7 Å². The minimum absolute atomic E-state index is 0.0422. The molecule has 4 heterocycles. The van der Waals surface area contributed by atoms with Crippen LogP contribution in [0, 0.1) is 34.6 Å². The molecule has 0 atom stereocenters. The standard InChI is InChI=1S/C51H41BN2/c1-26-9-13-32-34-24-31(51(6,7)8)12-14-33(34)38-25-45-47-50(46(38)37(32)19-26)54-44-16-11-28(3)18-36(44)40-21-30(5)23-42(49(40)54)52(47)41-22-29(4)20-39-35-17-27(2)10-15-43(35)53(45)48(39)41/h9-25H,1-8H3. The quantitative estimate of drug-likeness (QED) is 0.111. The first-order valence-electron chi connectivity index (χ1n) is 19.5. The number of aryl methyl sites for hydroxylation is 5. The normalized spacial score (nSPS) is 13.5. The third-order valence-electron chi connectivity index (χ3n) is 13.0. The Hall–Kier alpha value is -5.80. The molecule has 0 fully saturated rings. The number of hydrogen-bond acceptors (Lipinski definition) is 0. The fourth-order valence-electron chi connectivity index (χ4n) is 10.7. The highest BCUT2D eigenvalue weighted by atomic mass is 15.0. The van der Waals surface area contributed by atoms with Crippen molar-refractivity contribution >= 4 is 99.0 Å². The third-order valence-corrected chi connectivity index (χ3v) is 13.0. The van der Waals surface area contributed by atoms with Gasteiger partial charge in [-0.25, -0.2) is 0 Å². The SMILES string of the molecule is Cc1ccc2c3cc(C(C)(C)C)ccc3c3cc4c5c(c3c2c1)-n1c2ccc(C)cc2c2cc(C)cc(c21)B5c1cc(C)cc2c3cc(C)ccc3n-4c12. The summed E-state index contributed by atoms with van der Waals surface area (Å²) in [5.41, 5.74) is 20.1. The molecule has 2 aliphatic heterocycles. The topological polar surface area (TPSA) is 9.86 Å². The van der Waals surface area contributed by atoms with E-state index in [9.17, 15) is 0 Å². The zero-order chi connectivity index (χ0) is 36.7. The van der Waals surface area contributed by atoms with Gasteiger partial charge in [0.2, 0.25) is 0 Å². The molecule has 2 nitrogen and oxygen atoms in total. The predicted molar refractivity (Wildman–Crippen MR) is 235 cm³/mol. The van der Waals surface area contributed by atoms with Crippen molar-refractivity contribution in [3.63, 3.8) is 0 Å². The van der Waals surface area contributed by atoms with Crippen molar-refractivity contribution < 1.29 is 0 Å². The van der Waals surface area contributed by atoms with Crippen LogP contribution in [0.25, 0.3) is 87.3 Å². The molecular weight excluding hydrogens is 651 g/mol. The average Bonchev–Trinajstić information content (AvgIpc) is 3.62. The lowest BCUT2D eigenvalue weighted by molar-refractivity contribution is 0.591. The van der Waals surface area contributed by atoms with Crippen molar-refractivity contribution in [1.82, 2.24) is 9.13 Å². The van der Waals surface area contributed by atoms with Gasteiger partial charge in [-0.15, -0.1) is 0 Å². The first-order chi connectivity index (χ1) is 26.0. The van der Waals surface area contributed by atoms with E-state index < -0.39 is 0 Å². The van der Waals surface area contributed by atoms with Gasteiger partial charge in [-0.05, 0) is 137 Å². The molecule has 54 heavy (non-hydrogen) atoms. The highest BCUT2D eigenvalue weighted by Gasteiger charge is 2.42. The number of fused-ring (bicyclic) bond motifs is 17. The summed E-state index contributed by atoms with van der Waals surface area (Å²) in [7, 11) is 0. The molecule has 2 aliphatic rings. The van der Waals surface area contributed by atoms with E-state index >= 15 is 0 Å². The Labute approximate surface area is 315 Å². The van der Waals surface area contributed by atoms with Gasteiger partial charge >= 0.3 is 0 Å². The third kappa shape index (κ3) is 3.68. The zero-order valence-electron chi connectivity index (χ0n) is 32.3. The summed E-state index contributed by atoms with van der Waals surface area (Å²) in [4.78, 5) is 0. The van der Waals surface area contributed by atoms with E-state index in [-0.39, 0.29) is 12.1 Å². The maximum Gasteiger partial charge on any atom is 0.252 e. The first-order valence-corrected chi connectivity index (χ1v) is 19.5. The number of rotatable bonds is 0. The second kappa shape index (κ2) is 9.84. The largest absolute Gasteiger partial charge is 0.310 e. The summed E-state index contributed by atoms with van der Waals surface area (Å²) in [6.45, 7) is 18.4. The molecule has 0 saturated heterocycles. The minimum Gasteiger partial charge on any atom is -0.310 e. The molecule has 0 saturated carbocycles. The Morgan fingerprint density at radius 2 is 0.926 bits per heavy atom. The molecule has 0 spiro atoms. The van der Waals surface area contributed by atoms with Crippen LogP contribution >= 0.6 is 0 Å². The predicted octanol–water partition coefficient (Wildman–Crippen LogP) is 11.3. The van der Waals surface area contributed by atoms with Crippen LogP contribution in [-0.2, 0) is 5.41 Å². The lowest BCUT2D eigenvalue weighted by atomic mass is 9.34. The maximum absolute atomic E-state index is 2.68. The molecule has 0 unspecified atom stereocenters. The fourth-order valence-corrected chi connectivity index (χ4v) is 10.7. The van der Waals surface area contributed by atoms with Crippen LogP contribution in [-0.4, -0.2) is 15.8 Å². The van der Waals surface area contributed by atoms with Crippen molar-refractivity contribution in [2.45, 2.75) is 60.8 Å². The summed E-state index contributed by atoms with van der Waals surface area (Å²) >= 11 is 0. The molecule has 12 rings (SSSR count). The minimum atomic E-state index is 0.0422. The molecule has 258 valence electrons. The van der Waals surface area contributed by atoms with E-state index in [0.717, 1.165) is 0 Å². The number of nitrogens with zero attached hydrogens (tertiary/aromatic N) is 2. The van der Waals surface area contributed by atoms with Gasteiger partial charge < -0.3 is 9.13 Å². The summed E-state index contributed by atoms with van der Waals surface area (Å²) in [6, 6.07) is 41.0. The summed E-state index contributed by atoms with van der Waals surface area (Å²) < 4.78 is 5.32. The molecule has 0 aliphatic carbocycles. The van der Waals surface area contributed by atoms with Gasteiger partial charge in [-0.1, -0.05) is 103 Å². The van der Waals surface area contributed by atoms with Crippen LogP contribution in [0.5, 0.6) is 0 Å². The van der Waals surface area contributed by atoms with Gasteiger partial charge in [0.15, 0.2) is 0 Å². The number of benzene rings is 8. The van der Waals surface area contributed by atoms with E-state index in [2.05, 4.69) is 168 Å². The molecular formula is C51H41BN2. The van der Waals surface area contributed by atoms with Crippen molar-refractivity contribution in [2.75, 3.05) is 0 Å². The summed E-state index contributed by atoms with van der Waals surface area (Å²) in [5, 5.41) is 13.4. The Bertz CT molecular complexity index is 3420. The Morgan fingerprint density at radius 1 is 0.426 bits per heavy atom. The van der Waals surface area contributed by atoms with Gasteiger partial charge in [-0.3, -0.25) is 0 Å². The molecule has 0 bridgehead atoms. The molecule has 3 heteroatoms. The lowest BCUT2D eigenvalue weighted by Crippen LogP contribution is -2.59. The van der Waals surface area contributed by atoms with E-state index in [1.807, 2.05) is 0 Å². The van der Waals surface area contributed by atoms with Crippen LogP contribution < -0.4 is 16.4 Å². The molecule has 0 amide bonds. The van der Waals surface area contributed by atoms with Gasteiger partial charge in [0.25, 0.3) is 6.71 Å². The second-order valence-corrected chi connectivity index (χ2v) is 17.8. The summed E-state index contributed by atoms with van der Waals surface area (Å²) in [5.74, 6) is 0. The lowest BCUT2D eigenvalue weighted by Gasteiger charge is -2.35. The van der Waals surface area contributed by atoms with Crippen LogP contribution in [0.2, 0.25) is 0 Å². The van der Waals surface area contributed by atoms with Crippen LogP contribution in [0.3, 0.4) is 0 Å². The van der Waals surface area contributed by atoms with E-state index in [1.54, 1.807) is 0 Å². The highest BCUT2D eigenvalue weighted by molar-refractivity contribution is 7.00. The highest BCUT2D eigenvalue weighted by Crippen LogP contribution is 2.46. The zero-order valence-corrected chi connectivity index (χ0v) is 32.3. The smallest absolute Gasteiger partial charge is 0.252 e. The molecule has 0 N–H and O–H groups in total. The van der Waals surface area contributed by atoms with E-state index in [1.165, 1.54) is 137 Å². The van der Waals surface area contributed by atoms with Crippen LogP contribution in [0.4, 0.5) is 0 Å². The molecule has 0 radical (unpaired) electrons. The Balaban J connectivity index is 1.42. The number of hydrogen-bond donors (Lipinski definition) is 0.